The van der Waals surface area contributed by atoms with Crippen molar-refractivity contribution in [2.24, 2.45) is 0 Å². The number of methoxy groups -OCH3 is 2. The van der Waals surface area contributed by atoms with Crippen LogP contribution in [0.5, 0.6) is 5.75 Å². The molecule has 1 heterocycles. The van der Waals surface area contributed by atoms with Crippen LogP contribution in [0.1, 0.15) is 21.6 Å². The zero-order valence-electron chi connectivity index (χ0n) is 15.7. The molecule has 0 fully saturated rings. The van der Waals surface area contributed by atoms with Crippen molar-refractivity contribution in [2.75, 3.05) is 14.2 Å². The van der Waals surface area contributed by atoms with Gasteiger partial charge in [-0.05, 0) is 48.5 Å². The monoisotopic (exact) mass is 413 g/mol. The van der Waals surface area contributed by atoms with Crippen LogP contribution in [0.15, 0.2) is 60.8 Å². The molecule has 0 radical (unpaired) electrons. The fourth-order valence-corrected chi connectivity index (χ4v) is 3.08. The van der Waals surface area contributed by atoms with Gasteiger partial charge in [0.25, 0.3) is 0 Å². The Kier molecular flexibility index (Phi) is 6.14. The van der Waals surface area contributed by atoms with Crippen LogP contribution < -0.4 is 4.74 Å². The molecule has 0 saturated carbocycles. The van der Waals surface area contributed by atoms with Gasteiger partial charge < -0.3 is 14.0 Å². The molecule has 1 aromatic heterocycles. The summed E-state index contributed by atoms with van der Waals surface area (Å²) in [6, 6.07) is 12.5. The molecular weight excluding hydrogens is 397 g/mol. The van der Waals surface area contributed by atoms with Crippen molar-refractivity contribution < 1.29 is 23.5 Å². The van der Waals surface area contributed by atoms with Crippen molar-refractivity contribution >= 4 is 29.4 Å². The third-order valence-electron chi connectivity index (χ3n) is 4.25. The van der Waals surface area contributed by atoms with E-state index in [-0.39, 0.29) is 16.9 Å². The first-order chi connectivity index (χ1) is 14.0. The zero-order chi connectivity index (χ0) is 21.0. The number of rotatable bonds is 6. The molecule has 7 heteroatoms. The van der Waals surface area contributed by atoms with Gasteiger partial charge in [0.05, 0.1) is 25.5 Å². The van der Waals surface area contributed by atoms with Crippen LogP contribution in [-0.4, -0.2) is 30.5 Å². The molecule has 148 valence electrons. The van der Waals surface area contributed by atoms with E-state index in [9.17, 15) is 14.0 Å². The SMILES string of the molecule is COC(=O)/C=C/c1cccn1-c1ccc(Cl)cc1C(=O)c1cccc(F)c1OC. The van der Waals surface area contributed by atoms with Crippen molar-refractivity contribution in [1.82, 2.24) is 4.57 Å². The number of halogens is 2. The number of aromatic nitrogens is 1. The van der Waals surface area contributed by atoms with Gasteiger partial charge in [-0.1, -0.05) is 17.7 Å². The molecule has 0 unspecified atom stereocenters. The summed E-state index contributed by atoms with van der Waals surface area (Å²) in [5.74, 6) is -1.73. The Bertz CT molecular complexity index is 1100. The smallest absolute Gasteiger partial charge is 0.330 e. The van der Waals surface area contributed by atoms with Gasteiger partial charge in [0.15, 0.2) is 17.3 Å². The van der Waals surface area contributed by atoms with Gasteiger partial charge in [0.1, 0.15) is 0 Å². The summed E-state index contributed by atoms with van der Waals surface area (Å²) in [5, 5.41) is 0.353. The molecule has 0 saturated heterocycles. The van der Waals surface area contributed by atoms with Crippen molar-refractivity contribution in [3.63, 3.8) is 0 Å². The summed E-state index contributed by atoms with van der Waals surface area (Å²) < 4.78 is 25.5. The van der Waals surface area contributed by atoms with E-state index in [4.69, 9.17) is 16.3 Å². The maximum atomic E-state index is 14.1. The number of nitrogens with zero attached hydrogens (tertiary/aromatic N) is 1. The number of ether oxygens (including phenoxy) is 2. The highest BCUT2D eigenvalue weighted by Crippen LogP contribution is 2.29. The van der Waals surface area contributed by atoms with Gasteiger partial charge in [0, 0.05) is 28.6 Å². The van der Waals surface area contributed by atoms with E-state index in [2.05, 4.69) is 4.74 Å². The normalized spacial score (nSPS) is 10.9. The maximum Gasteiger partial charge on any atom is 0.330 e. The first kappa shape index (κ1) is 20.4. The van der Waals surface area contributed by atoms with E-state index >= 15 is 0 Å². The van der Waals surface area contributed by atoms with E-state index in [1.807, 2.05) is 0 Å². The van der Waals surface area contributed by atoms with Gasteiger partial charge in [0.2, 0.25) is 0 Å². The lowest BCUT2D eigenvalue weighted by atomic mass is 10.00. The summed E-state index contributed by atoms with van der Waals surface area (Å²) in [4.78, 5) is 24.7. The molecule has 3 aromatic rings. The molecule has 0 amide bonds. The Morgan fingerprint density at radius 2 is 1.86 bits per heavy atom. The minimum atomic E-state index is -0.635. The standard InChI is InChI=1S/C22H17ClFNO4/c1-28-20(26)11-9-15-5-4-12-25(15)19-10-8-14(23)13-17(19)21(27)16-6-3-7-18(24)22(16)29-2/h3-13H,1-2H3/b11-9+. The molecular formula is C22H17ClFNO4. The Labute approximate surface area is 171 Å². The number of ketones is 1. The van der Waals surface area contributed by atoms with E-state index in [1.165, 1.54) is 44.6 Å². The second kappa shape index (κ2) is 8.75. The van der Waals surface area contributed by atoms with Crippen LogP contribution in [0.4, 0.5) is 4.39 Å². The van der Waals surface area contributed by atoms with Gasteiger partial charge >= 0.3 is 5.97 Å². The number of carbonyl (C=O) groups is 2. The summed E-state index contributed by atoms with van der Waals surface area (Å²) in [7, 11) is 2.59. The highest BCUT2D eigenvalue weighted by molar-refractivity contribution is 6.31. The third kappa shape index (κ3) is 4.22. The van der Waals surface area contributed by atoms with E-state index in [0.29, 0.717) is 16.4 Å². The number of benzene rings is 2. The molecule has 5 nitrogen and oxygen atoms in total. The van der Waals surface area contributed by atoms with Gasteiger partial charge in [-0.3, -0.25) is 4.79 Å². The van der Waals surface area contributed by atoms with E-state index < -0.39 is 17.6 Å². The van der Waals surface area contributed by atoms with E-state index in [0.717, 1.165) is 0 Å². The molecule has 0 aliphatic carbocycles. The number of para-hydroxylation sites is 1. The molecule has 2 aromatic carbocycles. The first-order valence-electron chi connectivity index (χ1n) is 8.56. The highest BCUT2D eigenvalue weighted by atomic mass is 35.5. The molecule has 0 aliphatic rings. The summed E-state index contributed by atoms with van der Waals surface area (Å²) >= 11 is 6.13. The Morgan fingerprint density at radius 3 is 2.59 bits per heavy atom. The van der Waals surface area contributed by atoms with Gasteiger partial charge in [-0.2, -0.15) is 0 Å². The summed E-state index contributed by atoms with van der Waals surface area (Å²) in [5.41, 5.74) is 1.48. The first-order valence-corrected chi connectivity index (χ1v) is 8.94. The predicted octanol–water partition coefficient (Wildman–Crippen LogP) is 4.70. The second-order valence-electron chi connectivity index (χ2n) is 5.97. The molecule has 0 bridgehead atoms. The van der Waals surface area contributed by atoms with Crippen molar-refractivity contribution in [3.05, 3.63) is 88.5 Å². The number of carbonyl (C=O) groups excluding carboxylic acids is 2. The molecule has 29 heavy (non-hydrogen) atoms. The van der Waals surface area contributed by atoms with Crippen LogP contribution >= 0.6 is 11.6 Å². The lowest BCUT2D eigenvalue weighted by Gasteiger charge is -2.14. The lowest BCUT2D eigenvalue weighted by Crippen LogP contribution is -2.10. The fourth-order valence-electron chi connectivity index (χ4n) is 2.91. The van der Waals surface area contributed by atoms with Gasteiger partial charge in [-0.15, -0.1) is 0 Å². The summed E-state index contributed by atoms with van der Waals surface area (Å²) in [6.07, 6.45) is 4.58. The van der Waals surface area contributed by atoms with Crippen LogP contribution in [0.3, 0.4) is 0 Å². The second-order valence-corrected chi connectivity index (χ2v) is 6.41. The Morgan fingerprint density at radius 1 is 1.07 bits per heavy atom. The average Bonchev–Trinajstić information content (AvgIpc) is 3.19. The number of hydrogen-bond donors (Lipinski definition) is 0. The number of hydrogen-bond acceptors (Lipinski definition) is 4. The molecule has 0 aliphatic heterocycles. The van der Waals surface area contributed by atoms with Crippen LogP contribution in [0.2, 0.25) is 5.02 Å². The molecule has 0 N–H and O–H groups in total. The Balaban J connectivity index is 2.13. The lowest BCUT2D eigenvalue weighted by molar-refractivity contribution is -0.134. The minimum absolute atomic E-state index is 0.0785. The molecule has 0 spiro atoms. The highest BCUT2D eigenvalue weighted by Gasteiger charge is 2.21. The zero-order valence-corrected chi connectivity index (χ0v) is 16.4. The third-order valence-corrected chi connectivity index (χ3v) is 4.49. The van der Waals surface area contributed by atoms with Crippen LogP contribution in [0.25, 0.3) is 11.8 Å². The fraction of sp³-hybridized carbons (Fsp3) is 0.0909. The topological polar surface area (TPSA) is 57.5 Å². The molecule has 3 rings (SSSR count). The quantitative estimate of drug-likeness (QED) is 0.334. The minimum Gasteiger partial charge on any atom is -0.493 e. The molecule has 0 atom stereocenters. The predicted molar refractivity (Wildman–Crippen MR) is 108 cm³/mol. The summed E-state index contributed by atoms with van der Waals surface area (Å²) in [6.45, 7) is 0. The maximum absolute atomic E-state index is 14.1. The van der Waals surface area contributed by atoms with Gasteiger partial charge in [-0.25, -0.2) is 9.18 Å². The Hall–Kier alpha value is -3.38. The largest absolute Gasteiger partial charge is 0.493 e. The number of esters is 1. The van der Waals surface area contributed by atoms with Crippen molar-refractivity contribution in [1.29, 1.82) is 0 Å². The van der Waals surface area contributed by atoms with Crippen molar-refractivity contribution in [2.45, 2.75) is 0 Å². The van der Waals surface area contributed by atoms with Crippen LogP contribution in [0, 0.1) is 5.82 Å². The van der Waals surface area contributed by atoms with Crippen LogP contribution in [-0.2, 0) is 9.53 Å². The van der Waals surface area contributed by atoms with Crippen molar-refractivity contribution in [3.8, 4) is 11.4 Å². The van der Waals surface area contributed by atoms with E-state index in [1.54, 1.807) is 41.1 Å². The average molecular weight is 414 g/mol.